The number of carbonyl (C=O) groups is 1. The van der Waals surface area contributed by atoms with Crippen LogP contribution in [0.1, 0.15) is 26.7 Å². The minimum absolute atomic E-state index is 0.00810. The highest BCUT2D eigenvalue weighted by atomic mass is 16.3. The molecule has 0 aromatic rings. The van der Waals surface area contributed by atoms with Crippen molar-refractivity contribution in [1.82, 2.24) is 0 Å². The Morgan fingerprint density at radius 1 is 1.50 bits per heavy atom. The first-order chi connectivity index (χ1) is 5.46. The summed E-state index contributed by atoms with van der Waals surface area (Å²) in [5.74, 6) is -0.00810. The SMILES string of the molecule is CC1(C)CC(=O)C(CO)=C(N)C1. The smallest absolute Gasteiger partial charge is 0.163 e. The molecule has 3 N–H and O–H groups in total. The van der Waals surface area contributed by atoms with Crippen LogP contribution in [-0.2, 0) is 4.79 Å². The Hall–Kier alpha value is -0.830. The van der Waals surface area contributed by atoms with Crippen LogP contribution in [0.4, 0.5) is 0 Å². The summed E-state index contributed by atoms with van der Waals surface area (Å²) in [5, 5.41) is 8.84. The largest absolute Gasteiger partial charge is 0.402 e. The number of carbonyl (C=O) groups excluding carboxylic acids is 1. The van der Waals surface area contributed by atoms with Gasteiger partial charge in [0.1, 0.15) is 0 Å². The van der Waals surface area contributed by atoms with Crippen molar-refractivity contribution in [3.05, 3.63) is 11.3 Å². The van der Waals surface area contributed by atoms with Crippen LogP contribution in [0, 0.1) is 5.41 Å². The van der Waals surface area contributed by atoms with Crippen LogP contribution in [0.5, 0.6) is 0 Å². The van der Waals surface area contributed by atoms with Crippen LogP contribution in [0.15, 0.2) is 11.3 Å². The molecule has 0 atom stereocenters. The predicted octanol–water partition coefficient (Wildman–Crippen LogP) is 0.581. The molecule has 0 amide bonds. The summed E-state index contributed by atoms with van der Waals surface area (Å²) in [7, 11) is 0. The summed E-state index contributed by atoms with van der Waals surface area (Å²) < 4.78 is 0. The van der Waals surface area contributed by atoms with Crippen LogP contribution in [0.2, 0.25) is 0 Å². The predicted molar refractivity (Wildman–Crippen MR) is 46.3 cm³/mol. The quantitative estimate of drug-likeness (QED) is 0.603. The van der Waals surface area contributed by atoms with E-state index in [9.17, 15) is 4.79 Å². The van der Waals surface area contributed by atoms with E-state index in [0.717, 1.165) is 0 Å². The molecular formula is C9H15NO2. The van der Waals surface area contributed by atoms with Gasteiger partial charge in [-0.1, -0.05) is 13.8 Å². The normalized spacial score (nSPS) is 23.1. The molecule has 0 aliphatic heterocycles. The number of allylic oxidation sites excluding steroid dienone is 1. The average Bonchev–Trinajstić information content (AvgIpc) is 1.82. The van der Waals surface area contributed by atoms with Gasteiger partial charge < -0.3 is 10.8 Å². The average molecular weight is 169 g/mol. The maximum Gasteiger partial charge on any atom is 0.163 e. The monoisotopic (exact) mass is 169 g/mol. The first kappa shape index (κ1) is 9.26. The van der Waals surface area contributed by atoms with E-state index in [-0.39, 0.29) is 17.8 Å². The molecule has 0 aromatic carbocycles. The Morgan fingerprint density at radius 3 is 2.50 bits per heavy atom. The van der Waals surface area contributed by atoms with E-state index >= 15 is 0 Å². The molecule has 1 aliphatic rings. The van der Waals surface area contributed by atoms with Gasteiger partial charge in [-0.25, -0.2) is 0 Å². The number of Topliss-reactive ketones (excluding diaryl/α,β-unsaturated/α-hetero) is 1. The summed E-state index contributed by atoms with van der Waals surface area (Å²) in [5.41, 5.74) is 6.58. The Bertz CT molecular complexity index is 241. The zero-order valence-electron chi connectivity index (χ0n) is 7.55. The van der Waals surface area contributed by atoms with Crippen molar-refractivity contribution in [2.24, 2.45) is 11.1 Å². The highest BCUT2D eigenvalue weighted by Crippen LogP contribution is 2.34. The molecule has 12 heavy (non-hydrogen) atoms. The molecule has 0 aromatic heterocycles. The van der Waals surface area contributed by atoms with Crippen molar-refractivity contribution in [3.63, 3.8) is 0 Å². The molecule has 3 heteroatoms. The topological polar surface area (TPSA) is 63.3 Å². The van der Waals surface area contributed by atoms with E-state index in [1.807, 2.05) is 13.8 Å². The Kier molecular flexibility index (Phi) is 2.24. The van der Waals surface area contributed by atoms with Gasteiger partial charge in [0.05, 0.1) is 6.61 Å². The molecule has 0 heterocycles. The molecule has 0 fully saturated rings. The van der Waals surface area contributed by atoms with Gasteiger partial charge >= 0.3 is 0 Å². The number of ketones is 1. The highest BCUT2D eigenvalue weighted by Gasteiger charge is 2.31. The molecule has 0 unspecified atom stereocenters. The van der Waals surface area contributed by atoms with Crippen LogP contribution in [0.25, 0.3) is 0 Å². The van der Waals surface area contributed by atoms with E-state index in [1.165, 1.54) is 0 Å². The Morgan fingerprint density at radius 2 is 2.08 bits per heavy atom. The molecule has 1 aliphatic carbocycles. The van der Waals surface area contributed by atoms with Crippen molar-refractivity contribution in [1.29, 1.82) is 0 Å². The summed E-state index contributed by atoms with van der Waals surface area (Å²) in [6, 6.07) is 0. The van der Waals surface area contributed by atoms with Crippen molar-refractivity contribution in [2.45, 2.75) is 26.7 Å². The van der Waals surface area contributed by atoms with Crippen molar-refractivity contribution in [2.75, 3.05) is 6.61 Å². The fourth-order valence-corrected chi connectivity index (χ4v) is 1.59. The Labute approximate surface area is 72.3 Å². The third-order valence-corrected chi connectivity index (χ3v) is 2.19. The van der Waals surface area contributed by atoms with Gasteiger partial charge in [0, 0.05) is 17.7 Å². The molecule has 0 spiro atoms. The van der Waals surface area contributed by atoms with Gasteiger partial charge in [-0.15, -0.1) is 0 Å². The van der Waals surface area contributed by atoms with Gasteiger partial charge in [0.15, 0.2) is 5.78 Å². The number of rotatable bonds is 1. The number of hydrogen-bond donors (Lipinski definition) is 2. The minimum atomic E-state index is -0.221. The van der Waals surface area contributed by atoms with E-state index in [2.05, 4.69) is 0 Å². The molecule has 0 saturated carbocycles. The van der Waals surface area contributed by atoms with Gasteiger partial charge in [-0.05, 0) is 11.8 Å². The van der Waals surface area contributed by atoms with Crippen LogP contribution in [0.3, 0.4) is 0 Å². The summed E-state index contributed by atoms with van der Waals surface area (Å²) in [6.45, 7) is 3.79. The number of nitrogens with two attached hydrogens (primary N) is 1. The molecule has 68 valence electrons. The highest BCUT2D eigenvalue weighted by molar-refractivity contribution is 5.97. The molecule has 3 nitrogen and oxygen atoms in total. The van der Waals surface area contributed by atoms with Crippen LogP contribution in [-0.4, -0.2) is 17.5 Å². The van der Waals surface area contributed by atoms with Gasteiger partial charge in [-0.3, -0.25) is 4.79 Å². The summed E-state index contributed by atoms with van der Waals surface area (Å²) in [4.78, 5) is 11.4. The lowest BCUT2D eigenvalue weighted by molar-refractivity contribution is -0.118. The van der Waals surface area contributed by atoms with Crippen LogP contribution >= 0.6 is 0 Å². The molecular weight excluding hydrogens is 154 g/mol. The van der Waals surface area contributed by atoms with Crippen molar-refractivity contribution < 1.29 is 9.90 Å². The third-order valence-electron chi connectivity index (χ3n) is 2.19. The van der Waals surface area contributed by atoms with Gasteiger partial charge in [0.25, 0.3) is 0 Å². The van der Waals surface area contributed by atoms with Gasteiger partial charge in [-0.2, -0.15) is 0 Å². The zero-order valence-corrected chi connectivity index (χ0v) is 7.55. The minimum Gasteiger partial charge on any atom is -0.402 e. The van der Waals surface area contributed by atoms with Crippen LogP contribution < -0.4 is 5.73 Å². The second-order valence-electron chi connectivity index (χ2n) is 4.10. The maximum absolute atomic E-state index is 11.4. The molecule has 0 saturated heterocycles. The van der Waals surface area contributed by atoms with E-state index in [0.29, 0.717) is 24.1 Å². The number of aliphatic hydroxyl groups excluding tert-OH is 1. The number of hydrogen-bond acceptors (Lipinski definition) is 3. The maximum atomic E-state index is 11.4. The van der Waals surface area contributed by atoms with E-state index in [1.54, 1.807) is 0 Å². The lowest BCUT2D eigenvalue weighted by Crippen LogP contribution is -2.29. The van der Waals surface area contributed by atoms with Crippen molar-refractivity contribution in [3.8, 4) is 0 Å². The Balaban J connectivity index is 2.95. The van der Waals surface area contributed by atoms with Crippen molar-refractivity contribution >= 4 is 5.78 Å². The fourth-order valence-electron chi connectivity index (χ4n) is 1.59. The van der Waals surface area contributed by atoms with E-state index < -0.39 is 0 Å². The first-order valence-electron chi connectivity index (χ1n) is 4.08. The first-order valence-corrected chi connectivity index (χ1v) is 4.08. The molecule has 0 radical (unpaired) electrons. The summed E-state index contributed by atoms with van der Waals surface area (Å²) in [6.07, 6.45) is 1.19. The lowest BCUT2D eigenvalue weighted by Gasteiger charge is -2.29. The molecule has 1 rings (SSSR count). The third kappa shape index (κ3) is 1.67. The molecule has 0 bridgehead atoms. The zero-order chi connectivity index (χ0) is 9.35. The second-order valence-corrected chi connectivity index (χ2v) is 4.10. The summed E-state index contributed by atoms with van der Waals surface area (Å²) >= 11 is 0. The van der Waals surface area contributed by atoms with Gasteiger partial charge in [0.2, 0.25) is 0 Å². The fraction of sp³-hybridized carbons (Fsp3) is 0.667. The second kappa shape index (κ2) is 2.90. The van der Waals surface area contributed by atoms with E-state index in [4.69, 9.17) is 10.8 Å². The standard InChI is InChI=1S/C9H15NO2/c1-9(2)3-7(10)6(5-11)8(12)4-9/h11H,3-5,10H2,1-2H3. The lowest BCUT2D eigenvalue weighted by atomic mass is 9.76. The number of aliphatic hydroxyl groups is 1.